The Bertz CT molecular complexity index is 971. The highest BCUT2D eigenvalue weighted by Crippen LogP contribution is 2.28. The van der Waals surface area contributed by atoms with Crippen LogP contribution in [0.15, 0.2) is 39.1 Å². The number of carbonyl (C=O) groups is 1. The number of aryl methyl sites for hydroxylation is 1. The van der Waals surface area contributed by atoms with Crippen LogP contribution in [-0.2, 0) is 4.74 Å². The van der Waals surface area contributed by atoms with Gasteiger partial charge in [-0.2, -0.15) is 0 Å². The maximum Gasteiger partial charge on any atom is 0.206 e. The summed E-state index contributed by atoms with van der Waals surface area (Å²) in [7, 11) is 1.66. The first kappa shape index (κ1) is 21.0. The third-order valence-corrected chi connectivity index (χ3v) is 6.62. The number of nitrogens with one attached hydrogen (secondary N) is 1. The fourth-order valence-electron chi connectivity index (χ4n) is 2.86. The quantitative estimate of drug-likeness (QED) is 0.271. The number of halogens is 1. The van der Waals surface area contributed by atoms with Crippen molar-refractivity contribution in [1.29, 1.82) is 0 Å². The molecule has 0 spiro atoms. The molecule has 0 saturated carbocycles. The maximum atomic E-state index is 12.8. The number of Topliss-reactive ketones (excluding diaryl/α,β-unsaturated/α-hetero) is 1. The summed E-state index contributed by atoms with van der Waals surface area (Å²) in [5, 5.41) is 12.1. The van der Waals surface area contributed by atoms with E-state index < -0.39 is 0 Å². The van der Waals surface area contributed by atoms with Gasteiger partial charge in [0.15, 0.2) is 10.1 Å². The summed E-state index contributed by atoms with van der Waals surface area (Å²) >= 11 is 6.37. The highest BCUT2D eigenvalue weighted by Gasteiger charge is 2.18. The summed E-state index contributed by atoms with van der Waals surface area (Å²) in [6.45, 7) is 5.28. The van der Waals surface area contributed by atoms with Crippen molar-refractivity contribution in [2.75, 3.05) is 31.3 Å². The second kappa shape index (κ2) is 9.69. The van der Waals surface area contributed by atoms with Gasteiger partial charge in [0.2, 0.25) is 5.13 Å². The zero-order valence-corrected chi connectivity index (χ0v) is 19.1. The third-order valence-electron chi connectivity index (χ3n) is 4.11. The molecule has 0 aliphatic rings. The molecule has 148 valence electrons. The number of aromatic nitrogens is 3. The van der Waals surface area contributed by atoms with Crippen LogP contribution in [0.4, 0.5) is 5.13 Å². The molecule has 9 heteroatoms. The van der Waals surface area contributed by atoms with Crippen molar-refractivity contribution in [2.24, 2.45) is 0 Å². The van der Waals surface area contributed by atoms with Gasteiger partial charge in [-0.1, -0.05) is 45.1 Å². The lowest BCUT2D eigenvalue weighted by Crippen LogP contribution is -2.06. The van der Waals surface area contributed by atoms with Crippen LogP contribution in [-0.4, -0.2) is 46.6 Å². The van der Waals surface area contributed by atoms with Crippen LogP contribution in [0.5, 0.6) is 0 Å². The van der Waals surface area contributed by atoms with E-state index in [-0.39, 0.29) is 5.78 Å². The van der Waals surface area contributed by atoms with Crippen LogP contribution in [0.25, 0.3) is 5.69 Å². The van der Waals surface area contributed by atoms with Gasteiger partial charge in [0.1, 0.15) is 0 Å². The first-order chi connectivity index (χ1) is 13.5. The zero-order chi connectivity index (χ0) is 20.1. The molecule has 2 heterocycles. The van der Waals surface area contributed by atoms with Crippen LogP contribution in [0.1, 0.15) is 21.7 Å². The number of nitrogens with zero attached hydrogens (tertiary/aromatic N) is 3. The minimum absolute atomic E-state index is 0.0865. The molecule has 3 rings (SSSR count). The molecule has 28 heavy (non-hydrogen) atoms. The Hall–Kier alpha value is -1.68. The van der Waals surface area contributed by atoms with E-state index in [1.54, 1.807) is 7.11 Å². The van der Waals surface area contributed by atoms with Crippen LogP contribution < -0.4 is 5.32 Å². The minimum atomic E-state index is 0.0865. The van der Waals surface area contributed by atoms with Gasteiger partial charge in [0.05, 0.1) is 12.4 Å². The van der Waals surface area contributed by atoms with Crippen molar-refractivity contribution in [2.45, 2.75) is 18.2 Å². The van der Waals surface area contributed by atoms with Gasteiger partial charge in [-0.05, 0) is 38.1 Å². The van der Waals surface area contributed by atoms with Crippen molar-refractivity contribution in [3.8, 4) is 5.69 Å². The van der Waals surface area contributed by atoms with Gasteiger partial charge in [0.25, 0.3) is 0 Å². The number of ether oxygens (including phenoxy) is 1. The molecular weight excluding hydrogens is 460 g/mol. The van der Waals surface area contributed by atoms with Gasteiger partial charge in [0, 0.05) is 40.8 Å². The number of carbonyl (C=O) groups excluding carboxylic acids is 1. The normalized spacial score (nSPS) is 11.0. The van der Waals surface area contributed by atoms with E-state index in [2.05, 4.69) is 36.0 Å². The topological polar surface area (TPSA) is 69.0 Å². The smallest absolute Gasteiger partial charge is 0.206 e. The summed E-state index contributed by atoms with van der Waals surface area (Å²) in [5.74, 6) is 0.415. The predicted octanol–water partition coefficient (Wildman–Crippen LogP) is 4.74. The molecular formula is C19H21BrN4O2S2. The van der Waals surface area contributed by atoms with E-state index in [0.717, 1.165) is 36.6 Å². The largest absolute Gasteiger partial charge is 0.383 e. The summed E-state index contributed by atoms with van der Waals surface area (Å²) in [6, 6.07) is 10.0. The summed E-state index contributed by atoms with van der Waals surface area (Å²) < 4.78 is 8.88. The Balaban J connectivity index is 1.68. The molecule has 3 aromatic rings. The Labute approximate surface area is 180 Å². The summed E-state index contributed by atoms with van der Waals surface area (Å²) in [5.41, 5.74) is 3.75. The molecule has 0 aliphatic carbocycles. The average molecular weight is 481 g/mol. The van der Waals surface area contributed by atoms with Crippen LogP contribution in [0.2, 0.25) is 0 Å². The fourth-order valence-corrected chi connectivity index (χ4v) is 4.91. The lowest BCUT2D eigenvalue weighted by Gasteiger charge is -2.10. The third kappa shape index (κ3) is 5.02. The highest BCUT2D eigenvalue weighted by molar-refractivity contribution is 9.10. The lowest BCUT2D eigenvalue weighted by molar-refractivity contribution is 0.102. The molecule has 0 fully saturated rings. The van der Waals surface area contributed by atoms with Crippen LogP contribution >= 0.6 is 39.0 Å². The van der Waals surface area contributed by atoms with Crippen molar-refractivity contribution in [3.05, 3.63) is 51.8 Å². The predicted molar refractivity (Wildman–Crippen MR) is 118 cm³/mol. The number of methoxy groups -OCH3 is 1. The van der Waals surface area contributed by atoms with E-state index in [4.69, 9.17) is 4.74 Å². The molecule has 1 aromatic carbocycles. The number of rotatable bonds is 9. The van der Waals surface area contributed by atoms with Crippen LogP contribution in [0, 0.1) is 13.8 Å². The van der Waals surface area contributed by atoms with Gasteiger partial charge >= 0.3 is 0 Å². The Morgan fingerprint density at radius 3 is 2.89 bits per heavy atom. The average Bonchev–Trinajstić information content (AvgIpc) is 3.24. The standard InChI is InChI=1S/C19H21BrN4O2S2/c1-12-9-16(13(2)24(12)15-6-4-5-14(20)10-15)17(25)11-27-19-23-22-18(28-19)21-7-8-26-3/h4-6,9-10H,7-8,11H2,1-3H3,(H,21,22). The number of hydrogen-bond acceptors (Lipinski definition) is 7. The van der Waals surface area contributed by atoms with Gasteiger partial charge in [-0.15, -0.1) is 10.2 Å². The van der Waals surface area contributed by atoms with Gasteiger partial charge < -0.3 is 14.6 Å². The van der Waals surface area contributed by atoms with E-state index in [0.29, 0.717) is 18.9 Å². The molecule has 0 amide bonds. The molecule has 0 atom stereocenters. The second-order valence-corrected chi connectivity index (χ2v) is 9.22. The van der Waals surface area contributed by atoms with Crippen molar-refractivity contribution < 1.29 is 9.53 Å². The number of hydrogen-bond donors (Lipinski definition) is 1. The Kier molecular flexibility index (Phi) is 7.28. The Morgan fingerprint density at radius 1 is 1.32 bits per heavy atom. The fraction of sp³-hybridized carbons (Fsp3) is 0.316. The molecule has 0 unspecified atom stereocenters. The highest BCUT2D eigenvalue weighted by atomic mass is 79.9. The van der Waals surface area contributed by atoms with Gasteiger partial charge in [-0.3, -0.25) is 4.79 Å². The Morgan fingerprint density at radius 2 is 2.14 bits per heavy atom. The first-order valence-electron chi connectivity index (χ1n) is 8.66. The molecule has 0 bridgehead atoms. The molecule has 0 radical (unpaired) electrons. The van der Waals surface area contributed by atoms with Crippen LogP contribution in [0.3, 0.4) is 0 Å². The summed E-state index contributed by atoms with van der Waals surface area (Å²) in [6.07, 6.45) is 0. The van der Waals surface area contributed by atoms with E-state index in [1.807, 2.05) is 44.2 Å². The second-order valence-electron chi connectivity index (χ2n) is 6.10. The molecule has 0 aliphatic heterocycles. The van der Waals surface area contributed by atoms with Crippen molar-refractivity contribution in [1.82, 2.24) is 14.8 Å². The number of benzene rings is 1. The van der Waals surface area contributed by atoms with E-state index >= 15 is 0 Å². The monoisotopic (exact) mass is 480 g/mol. The van der Waals surface area contributed by atoms with Crippen molar-refractivity contribution in [3.63, 3.8) is 0 Å². The minimum Gasteiger partial charge on any atom is -0.383 e. The van der Waals surface area contributed by atoms with Gasteiger partial charge in [-0.25, -0.2) is 0 Å². The lowest BCUT2D eigenvalue weighted by atomic mass is 10.2. The van der Waals surface area contributed by atoms with E-state index in [9.17, 15) is 4.79 Å². The molecule has 2 aromatic heterocycles. The molecule has 1 N–H and O–H groups in total. The SMILES string of the molecule is COCCNc1nnc(SCC(=O)c2cc(C)n(-c3cccc(Br)c3)c2C)s1. The molecule has 0 saturated heterocycles. The van der Waals surface area contributed by atoms with E-state index in [1.165, 1.54) is 23.1 Å². The summed E-state index contributed by atoms with van der Waals surface area (Å²) in [4.78, 5) is 12.8. The maximum absolute atomic E-state index is 12.8. The number of anilines is 1. The number of ketones is 1. The number of thioether (sulfide) groups is 1. The van der Waals surface area contributed by atoms with Crippen molar-refractivity contribution >= 4 is 49.9 Å². The zero-order valence-electron chi connectivity index (χ0n) is 15.9. The first-order valence-corrected chi connectivity index (χ1v) is 11.3. The molecule has 6 nitrogen and oxygen atoms in total.